The van der Waals surface area contributed by atoms with Crippen LogP contribution in [-0.2, 0) is 4.74 Å². The molecule has 0 bridgehead atoms. The lowest BCUT2D eigenvalue weighted by molar-refractivity contribution is 0.0551. The highest BCUT2D eigenvalue weighted by atomic mass is 16.5. The number of aliphatic hydroxyl groups is 1. The molecule has 0 saturated carbocycles. The third-order valence-corrected chi connectivity index (χ3v) is 4.13. The van der Waals surface area contributed by atoms with Crippen molar-refractivity contribution in [3.8, 4) is 0 Å². The molecule has 18 heavy (non-hydrogen) atoms. The molecule has 1 fully saturated rings. The van der Waals surface area contributed by atoms with Gasteiger partial charge in [-0.25, -0.2) is 0 Å². The van der Waals surface area contributed by atoms with Gasteiger partial charge >= 0.3 is 0 Å². The van der Waals surface area contributed by atoms with Crippen LogP contribution < -0.4 is 5.32 Å². The third-order valence-electron chi connectivity index (χ3n) is 4.13. The highest BCUT2D eigenvalue weighted by Gasteiger charge is 2.20. The number of nitrogens with one attached hydrogen (secondary N) is 1. The molecule has 0 amide bonds. The van der Waals surface area contributed by atoms with Gasteiger partial charge < -0.3 is 20.1 Å². The van der Waals surface area contributed by atoms with Crippen LogP contribution in [0, 0.1) is 5.92 Å². The maximum Gasteiger partial charge on any atom is 0.0610 e. The van der Waals surface area contributed by atoms with Crippen molar-refractivity contribution in [2.24, 2.45) is 5.92 Å². The van der Waals surface area contributed by atoms with E-state index in [1.54, 1.807) is 0 Å². The minimum Gasteiger partial charge on any atom is -0.394 e. The first kappa shape index (κ1) is 15.9. The molecule has 4 heteroatoms. The first-order valence-electron chi connectivity index (χ1n) is 7.16. The van der Waals surface area contributed by atoms with Gasteiger partial charge in [0.2, 0.25) is 0 Å². The summed E-state index contributed by atoms with van der Waals surface area (Å²) in [5.41, 5.74) is -0.125. The van der Waals surface area contributed by atoms with Crippen LogP contribution in [0.5, 0.6) is 0 Å². The molecule has 2 N–H and O–H groups in total. The van der Waals surface area contributed by atoms with Crippen LogP contribution in [0.1, 0.15) is 32.6 Å². The molecule has 4 nitrogen and oxygen atoms in total. The Morgan fingerprint density at radius 3 is 2.61 bits per heavy atom. The highest BCUT2D eigenvalue weighted by Crippen LogP contribution is 2.16. The molecule has 0 aliphatic carbocycles. The van der Waals surface area contributed by atoms with Crippen LogP contribution in [0.4, 0.5) is 0 Å². The molecule has 108 valence electrons. The predicted octanol–water partition coefficient (Wildman–Crippen LogP) is 1.10. The lowest BCUT2D eigenvalue weighted by Gasteiger charge is -2.30. The standard InChI is InChI=1S/C14H30N2O2/c1-14(12-17,15-2)7-4-8-16(3)11-13-5-9-18-10-6-13/h13,15,17H,4-12H2,1-3H3. The van der Waals surface area contributed by atoms with Crippen molar-refractivity contribution in [2.75, 3.05) is 47.0 Å². The number of hydrogen-bond donors (Lipinski definition) is 2. The summed E-state index contributed by atoms with van der Waals surface area (Å²) in [5.74, 6) is 0.803. The van der Waals surface area contributed by atoms with Gasteiger partial charge in [0, 0.05) is 25.3 Å². The molecular weight excluding hydrogens is 228 g/mol. The van der Waals surface area contributed by atoms with Crippen LogP contribution in [0.3, 0.4) is 0 Å². The number of rotatable bonds is 8. The fourth-order valence-corrected chi connectivity index (χ4v) is 2.48. The fourth-order valence-electron chi connectivity index (χ4n) is 2.48. The van der Waals surface area contributed by atoms with E-state index >= 15 is 0 Å². The predicted molar refractivity (Wildman–Crippen MR) is 74.8 cm³/mol. The quantitative estimate of drug-likeness (QED) is 0.684. The van der Waals surface area contributed by atoms with Crippen molar-refractivity contribution < 1.29 is 9.84 Å². The molecule has 1 heterocycles. The maximum absolute atomic E-state index is 9.32. The van der Waals surface area contributed by atoms with Crippen molar-refractivity contribution in [3.63, 3.8) is 0 Å². The molecule has 0 aromatic rings. The molecule has 1 rings (SSSR count). The Labute approximate surface area is 112 Å². The molecular formula is C14H30N2O2. The topological polar surface area (TPSA) is 44.7 Å². The highest BCUT2D eigenvalue weighted by molar-refractivity contribution is 4.80. The zero-order valence-electron chi connectivity index (χ0n) is 12.2. The van der Waals surface area contributed by atoms with Crippen LogP contribution in [-0.4, -0.2) is 62.6 Å². The summed E-state index contributed by atoms with van der Waals surface area (Å²) in [6.07, 6.45) is 4.54. The van der Waals surface area contributed by atoms with E-state index in [0.29, 0.717) is 0 Å². The molecule has 1 aliphatic rings. The first-order chi connectivity index (χ1) is 8.59. The summed E-state index contributed by atoms with van der Waals surface area (Å²) in [7, 11) is 4.12. The Morgan fingerprint density at radius 1 is 1.39 bits per heavy atom. The van der Waals surface area contributed by atoms with Gasteiger partial charge in [0.1, 0.15) is 0 Å². The summed E-state index contributed by atoms with van der Waals surface area (Å²) in [6.45, 7) is 6.42. The number of aliphatic hydroxyl groups excluding tert-OH is 1. The van der Waals surface area contributed by atoms with E-state index in [2.05, 4.69) is 24.2 Å². The van der Waals surface area contributed by atoms with Crippen LogP contribution in [0.25, 0.3) is 0 Å². The van der Waals surface area contributed by atoms with Crippen molar-refractivity contribution in [3.05, 3.63) is 0 Å². The molecule has 1 atom stereocenters. The van der Waals surface area contributed by atoms with Gasteiger partial charge in [0.25, 0.3) is 0 Å². The van der Waals surface area contributed by atoms with Crippen LogP contribution in [0.2, 0.25) is 0 Å². The molecule has 1 saturated heterocycles. The lowest BCUT2D eigenvalue weighted by atomic mass is 9.96. The Hall–Kier alpha value is -0.160. The van der Waals surface area contributed by atoms with Gasteiger partial charge in [-0.1, -0.05) is 0 Å². The van der Waals surface area contributed by atoms with E-state index in [0.717, 1.165) is 38.5 Å². The molecule has 0 aromatic heterocycles. The number of likely N-dealkylation sites (N-methyl/N-ethyl adjacent to an activating group) is 1. The average molecular weight is 258 g/mol. The number of hydrogen-bond acceptors (Lipinski definition) is 4. The Balaban J connectivity index is 2.14. The zero-order valence-corrected chi connectivity index (χ0v) is 12.2. The van der Waals surface area contributed by atoms with E-state index < -0.39 is 0 Å². The van der Waals surface area contributed by atoms with Gasteiger partial charge in [-0.2, -0.15) is 0 Å². The Morgan fingerprint density at radius 2 is 2.06 bits per heavy atom. The second-order valence-corrected chi connectivity index (χ2v) is 5.89. The molecule has 1 aliphatic heterocycles. The van der Waals surface area contributed by atoms with Crippen molar-refractivity contribution >= 4 is 0 Å². The summed E-state index contributed by atoms with van der Waals surface area (Å²) >= 11 is 0. The second-order valence-electron chi connectivity index (χ2n) is 5.89. The van der Waals surface area contributed by atoms with Gasteiger partial charge in [0.05, 0.1) is 6.61 Å². The van der Waals surface area contributed by atoms with Gasteiger partial charge in [-0.15, -0.1) is 0 Å². The van der Waals surface area contributed by atoms with E-state index in [9.17, 15) is 5.11 Å². The third kappa shape index (κ3) is 5.65. The van der Waals surface area contributed by atoms with Crippen molar-refractivity contribution in [1.29, 1.82) is 0 Å². The molecule has 0 radical (unpaired) electrons. The number of nitrogens with zero attached hydrogens (tertiary/aromatic N) is 1. The number of ether oxygens (including phenoxy) is 1. The van der Waals surface area contributed by atoms with Gasteiger partial charge in [0.15, 0.2) is 0 Å². The van der Waals surface area contributed by atoms with E-state index in [-0.39, 0.29) is 12.1 Å². The first-order valence-corrected chi connectivity index (χ1v) is 7.16. The monoisotopic (exact) mass is 258 g/mol. The van der Waals surface area contributed by atoms with E-state index in [1.807, 2.05) is 7.05 Å². The largest absolute Gasteiger partial charge is 0.394 e. The minimum atomic E-state index is -0.125. The summed E-state index contributed by atoms with van der Waals surface area (Å²) in [4.78, 5) is 2.42. The normalized spacial score (nSPS) is 21.2. The van der Waals surface area contributed by atoms with Crippen LogP contribution in [0.15, 0.2) is 0 Å². The SMILES string of the molecule is CNC(C)(CO)CCCN(C)CC1CCOCC1. The fraction of sp³-hybridized carbons (Fsp3) is 1.00. The smallest absolute Gasteiger partial charge is 0.0610 e. The average Bonchev–Trinajstić information content (AvgIpc) is 2.39. The van der Waals surface area contributed by atoms with Gasteiger partial charge in [-0.3, -0.25) is 0 Å². The van der Waals surface area contributed by atoms with Gasteiger partial charge in [-0.05, 0) is 59.2 Å². The van der Waals surface area contributed by atoms with E-state index in [4.69, 9.17) is 4.74 Å². The minimum absolute atomic E-state index is 0.125. The Bertz CT molecular complexity index is 214. The maximum atomic E-state index is 9.32. The van der Waals surface area contributed by atoms with Crippen molar-refractivity contribution in [1.82, 2.24) is 10.2 Å². The second kappa shape index (κ2) is 8.10. The summed E-state index contributed by atoms with van der Waals surface area (Å²) in [5, 5.41) is 12.5. The molecule has 0 aromatic carbocycles. The Kier molecular flexibility index (Phi) is 7.15. The summed E-state index contributed by atoms with van der Waals surface area (Å²) in [6, 6.07) is 0. The van der Waals surface area contributed by atoms with Crippen LogP contribution >= 0.6 is 0 Å². The van der Waals surface area contributed by atoms with E-state index in [1.165, 1.54) is 19.4 Å². The van der Waals surface area contributed by atoms with Crippen molar-refractivity contribution in [2.45, 2.75) is 38.1 Å². The lowest BCUT2D eigenvalue weighted by Crippen LogP contribution is -2.44. The molecule has 1 unspecified atom stereocenters. The molecule has 0 spiro atoms. The summed E-state index contributed by atoms with van der Waals surface area (Å²) < 4.78 is 5.38. The zero-order chi connectivity index (χ0) is 13.4.